The molecule has 1 atom stereocenters. The Morgan fingerprint density at radius 1 is 0.688 bits per heavy atom. The van der Waals surface area contributed by atoms with Gasteiger partial charge in [0, 0.05) is 0 Å². The molecule has 0 saturated heterocycles. The van der Waals surface area contributed by atoms with E-state index in [1.165, 1.54) is 38.5 Å². The molecule has 0 spiro atoms. The second-order valence-corrected chi connectivity index (χ2v) is 16.7. The van der Waals surface area contributed by atoms with Crippen molar-refractivity contribution in [2.24, 2.45) is 0 Å². The predicted molar refractivity (Wildman–Crippen MR) is 135 cm³/mol. The summed E-state index contributed by atoms with van der Waals surface area (Å²) in [5.74, 6) is -1.28. The van der Waals surface area contributed by atoms with Gasteiger partial charge in [-0.05, 0) is 12.8 Å². The summed E-state index contributed by atoms with van der Waals surface area (Å²) in [7, 11) is 0. The van der Waals surface area contributed by atoms with E-state index in [9.17, 15) is 14.7 Å². The van der Waals surface area contributed by atoms with Crippen LogP contribution in [0.4, 0.5) is 0 Å². The number of aliphatic hydroxyl groups excluding tert-OH is 1. The van der Waals surface area contributed by atoms with Crippen LogP contribution in [0.2, 0.25) is 7.87 Å². The van der Waals surface area contributed by atoms with Crippen LogP contribution >= 0.6 is 0 Å². The number of rotatable bonds is 19. The van der Waals surface area contributed by atoms with E-state index in [1.807, 2.05) is 0 Å². The molecule has 0 amide bonds. The molecule has 0 fully saturated rings. The topological polar surface area (TPSA) is 72.8 Å². The van der Waals surface area contributed by atoms with Gasteiger partial charge in [0.15, 0.2) is 6.10 Å². The molecule has 6 heteroatoms. The van der Waals surface area contributed by atoms with Gasteiger partial charge in [0.1, 0.15) is 0 Å². The number of carbonyl (C=O) groups is 2. The third kappa shape index (κ3) is 27.7. The summed E-state index contributed by atoms with van der Waals surface area (Å²) in [5, 5.41) is 9.69. The number of unbranched alkanes of at least 4 members (excludes halogenated alkanes) is 10. The monoisotopic (exact) mass is 564 g/mol. The van der Waals surface area contributed by atoms with Crippen LogP contribution in [0.3, 0.4) is 0 Å². The summed E-state index contributed by atoms with van der Waals surface area (Å²) in [6.45, 7) is 14.4. The average molecular weight is 563 g/mol. The number of aliphatic hydroxyl groups is 1. The van der Waals surface area contributed by atoms with Crippen molar-refractivity contribution in [1.82, 2.24) is 0 Å². The Hall–Kier alpha value is -0.301. The van der Waals surface area contributed by atoms with E-state index in [0.717, 1.165) is 46.4 Å². The second-order valence-electron chi connectivity index (χ2n) is 9.12. The molecular formula is C26H52O5Sn. The number of ether oxygens (including phenoxy) is 2. The Morgan fingerprint density at radius 2 is 1.09 bits per heavy atom. The zero-order chi connectivity index (χ0) is 24.6. The van der Waals surface area contributed by atoms with E-state index in [0.29, 0.717) is 13.2 Å². The van der Waals surface area contributed by atoms with Gasteiger partial charge >= 0.3 is 68.6 Å². The van der Waals surface area contributed by atoms with E-state index in [4.69, 9.17) is 9.47 Å². The van der Waals surface area contributed by atoms with Crippen LogP contribution in [-0.4, -0.2) is 57.5 Å². The van der Waals surface area contributed by atoms with Gasteiger partial charge in [0.2, 0.25) is 0 Å². The Balaban J connectivity index is 0. The second kappa shape index (κ2) is 25.3. The molecule has 0 aliphatic carbocycles. The van der Waals surface area contributed by atoms with Crippen LogP contribution in [0.1, 0.15) is 125 Å². The molecular weight excluding hydrogens is 511 g/mol. The Morgan fingerprint density at radius 3 is 1.50 bits per heavy atom. The first-order valence-corrected chi connectivity index (χ1v) is 16.3. The van der Waals surface area contributed by atoms with Gasteiger partial charge in [0.05, 0.1) is 19.6 Å². The summed E-state index contributed by atoms with van der Waals surface area (Å²) < 4.78 is 12.1. The van der Waals surface area contributed by atoms with E-state index in [-0.39, 0.29) is 27.6 Å². The van der Waals surface area contributed by atoms with Gasteiger partial charge in [-0.15, -0.1) is 0 Å². The van der Waals surface area contributed by atoms with Crippen molar-refractivity contribution in [2.45, 2.75) is 139 Å². The standard InChI is InChI=1S/C20H38O5.2C3H7.Sn/c1-3-5-7-9-11-13-15-24-19(22)17-18(21)20(23)25-16-14-12-10-8-6-4-2;2*1-3-2;/h18,21H,3-17H2,1-2H3;2*3H,1-2H3;. The summed E-state index contributed by atoms with van der Waals surface area (Å²) in [6.07, 6.45) is 11.5. The molecule has 0 aliphatic rings. The zero-order valence-electron chi connectivity index (χ0n) is 21.9. The summed E-state index contributed by atoms with van der Waals surface area (Å²) >= 11 is 0.0389. The fourth-order valence-electron chi connectivity index (χ4n) is 3.19. The van der Waals surface area contributed by atoms with Crippen molar-refractivity contribution in [3.63, 3.8) is 0 Å². The maximum absolute atomic E-state index is 11.6. The van der Waals surface area contributed by atoms with Crippen molar-refractivity contribution in [3.05, 3.63) is 0 Å². The predicted octanol–water partition coefficient (Wildman–Crippen LogP) is 6.89. The molecule has 5 nitrogen and oxygen atoms in total. The van der Waals surface area contributed by atoms with E-state index >= 15 is 0 Å². The summed E-state index contributed by atoms with van der Waals surface area (Å²) in [5.41, 5.74) is 0. The third-order valence-electron chi connectivity index (χ3n) is 4.80. The van der Waals surface area contributed by atoms with Crippen LogP contribution in [-0.2, 0) is 19.1 Å². The maximum atomic E-state index is 11.6. The Bertz CT molecular complexity index is 420. The molecule has 0 aromatic rings. The van der Waals surface area contributed by atoms with Crippen molar-refractivity contribution >= 4 is 33.1 Å². The normalized spacial score (nSPS) is 11.8. The van der Waals surface area contributed by atoms with Gasteiger partial charge in [0.25, 0.3) is 0 Å². The molecule has 0 aromatic heterocycles. The minimum atomic E-state index is -1.42. The minimum absolute atomic E-state index is 0.0389. The Kier molecular flexibility index (Phi) is 26.8. The molecule has 32 heavy (non-hydrogen) atoms. The van der Waals surface area contributed by atoms with Crippen LogP contribution in [0.15, 0.2) is 0 Å². The van der Waals surface area contributed by atoms with E-state index < -0.39 is 18.0 Å². The van der Waals surface area contributed by atoms with Gasteiger partial charge in [-0.1, -0.05) is 78.1 Å². The van der Waals surface area contributed by atoms with Crippen molar-refractivity contribution in [3.8, 4) is 0 Å². The molecule has 1 unspecified atom stereocenters. The molecule has 0 bridgehead atoms. The molecule has 2 radical (unpaired) electrons. The van der Waals surface area contributed by atoms with Crippen molar-refractivity contribution < 1.29 is 24.2 Å². The molecule has 0 aliphatic heterocycles. The Labute approximate surface area is 209 Å². The van der Waals surface area contributed by atoms with Gasteiger partial charge in [-0.3, -0.25) is 4.79 Å². The zero-order valence-corrected chi connectivity index (χ0v) is 24.8. The van der Waals surface area contributed by atoms with Crippen LogP contribution in [0.5, 0.6) is 0 Å². The first-order chi connectivity index (χ1) is 15.2. The van der Waals surface area contributed by atoms with Crippen LogP contribution < -0.4 is 0 Å². The summed E-state index contributed by atoms with van der Waals surface area (Å²) in [4.78, 5) is 23.2. The van der Waals surface area contributed by atoms with E-state index in [2.05, 4.69) is 41.5 Å². The van der Waals surface area contributed by atoms with Crippen LogP contribution in [0, 0.1) is 0 Å². The van der Waals surface area contributed by atoms with E-state index in [1.54, 1.807) is 0 Å². The van der Waals surface area contributed by atoms with Gasteiger partial charge in [-0.25, -0.2) is 4.79 Å². The molecule has 190 valence electrons. The average Bonchev–Trinajstić information content (AvgIpc) is 2.71. The number of hydrogen-bond donors (Lipinski definition) is 1. The number of hydrogen-bond acceptors (Lipinski definition) is 5. The first-order valence-electron chi connectivity index (χ1n) is 13.0. The van der Waals surface area contributed by atoms with Gasteiger partial charge < -0.3 is 14.6 Å². The fourth-order valence-corrected chi connectivity index (χ4v) is 6.99. The fraction of sp³-hybridized carbons (Fsp3) is 0.923. The molecule has 0 aromatic carbocycles. The quantitative estimate of drug-likeness (QED) is 0.105. The van der Waals surface area contributed by atoms with Gasteiger partial charge in [-0.2, -0.15) is 0 Å². The molecule has 1 N–H and O–H groups in total. The number of carbonyl (C=O) groups excluding carboxylic acids is 2. The SMILES string of the molecule is CCCCCCCCOC(=O)CC(O)C(=O)OCCCCCCCC.C[CH](C)[Sn][CH](C)C. The molecule has 0 saturated carbocycles. The molecule has 0 heterocycles. The molecule has 0 rings (SSSR count). The van der Waals surface area contributed by atoms with Crippen molar-refractivity contribution in [1.29, 1.82) is 0 Å². The first kappa shape index (κ1) is 33.9. The third-order valence-corrected chi connectivity index (χ3v) is 8.61. The summed E-state index contributed by atoms with van der Waals surface area (Å²) in [6, 6.07) is 0. The number of esters is 2. The van der Waals surface area contributed by atoms with Crippen LogP contribution in [0.25, 0.3) is 0 Å². The van der Waals surface area contributed by atoms with Crippen molar-refractivity contribution in [2.75, 3.05) is 13.2 Å².